The van der Waals surface area contributed by atoms with E-state index in [1.165, 1.54) is 32.1 Å². The minimum absolute atomic E-state index is 0.122. The molecule has 0 aromatic rings. The van der Waals surface area contributed by atoms with Crippen LogP contribution in [0.25, 0.3) is 0 Å². The predicted octanol–water partition coefficient (Wildman–Crippen LogP) is 1.11. The van der Waals surface area contributed by atoms with Crippen molar-refractivity contribution in [2.75, 3.05) is 20.8 Å². The molecule has 0 heterocycles. The van der Waals surface area contributed by atoms with Crippen molar-refractivity contribution >= 4 is 5.96 Å². The second-order valence-corrected chi connectivity index (χ2v) is 4.80. The Balaban J connectivity index is 2.58. The summed E-state index contributed by atoms with van der Waals surface area (Å²) >= 11 is 0. The second kappa shape index (κ2) is 7.50. The Bertz CT molecular complexity index is 239. The predicted molar refractivity (Wildman–Crippen MR) is 70.7 cm³/mol. The van der Waals surface area contributed by atoms with E-state index >= 15 is 0 Å². The molecular formula is C12H26N4O. The second-order valence-electron chi connectivity index (χ2n) is 4.80. The SMILES string of the molecule is COCC(C)N=C(NN)N(C)C1CCCCC1. The summed E-state index contributed by atoms with van der Waals surface area (Å²) < 4.78 is 5.08. The molecule has 5 nitrogen and oxygen atoms in total. The maximum Gasteiger partial charge on any atom is 0.208 e. The molecule has 1 unspecified atom stereocenters. The van der Waals surface area contributed by atoms with Gasteiger partial charge in [0, 0.05) is 20.2 Å². The van der Waals surface area contributed by atoms with Gasteiger partial charge in [-0.1, -0.05) is 19.3 Å². The molecule has 0 aromatic heterocycles. The van der Waals surface area contributed by atoms with Crippen molar-refractivity contribution in [1.29, 1.82) is 0 Å². The Morgan fingerprint density at radius 3 is 2.65 bits per heavy atom. The first-order chi connectivity index (χ1) is 8.19. The third-order valence-electron chi connectivity index (χ3n) is 3.34. The molecule has 100 valence electrons. The Labute approximate surface area is 104 Å². The van der Waals surface area contributed by atoms with Crippen molar-refractivity contribution in [2.45, 2.75) is 51.1 Å². The third-order valence-corrected chi connectivity index (χ3v) is 3.34. The Kier molecular flexibility index (Phi) is 6.29. The lowest BCUT2D eigenvalue weighted by Crippen LogP contribution is -2.48. The number of nitrogens with zero attached hydrogens (tertiary/aromatic N) is 2. The highest BCUT2D eigenvalue weighted by atomic mass is 16.5. The van der Waals surface area contributed by atoms with Crippen LogP contribution < -0.4 is 11.3 Å². The van der Waals surface area contributed by atoms with Crippen molar-refractivity contribution < 1.29 is 4.74 Å². The molecule has 0 radical (unpaired) electrons. The minimum atomic E-state index is 0.122. The number of hydrogen-bond donors (Lipinski definition) is 2. The molecule has 1 saturated carbocycles. The van der Waals surface area contributed by atoms with E-state index in [4.69, 9.17) is 10.6 Å². The smallest absolute Gasteiger partial charge is 0.208 e. The van der Waals surface area contributed by atoms with Crippen LogP contribution in [0.3, 0.4) is 0 Å². The van der Waals surface area contributed by atoms with Crippen LogP contribution in [0.1, 0.15) is 39.0 Å². The summed E-state index contributed by atoms with van der Waals surface area (Å²) in [6.07, 6.45) is 6.43. The molecule has 0 aliphatic heterocycles. The first-order valence-corrected chi connectivity index (χ1v) is 6.45. The van der Waals surface area contributed by atoms with Gasteiger partial charge >= 0.3 is 0 Å². The van der Waals surface area contributed by atoms with Gasteiger partial charge in [-0.15, -0.1) is 0 Å². The minimum Gasteiger partial charge on any atom is -0.382 e. The van der Waals surface area contributed by atoms with Crippen LogP contribution in [0.2, 0.25) is 0 Å². The van der Waals surface area contributed by atoms with Gasteiger partial charge in [0.2, 0.25) is 5.96 Å². The fourth-order valence-electron chi connectivity index (χ4n) is 2.36. The highest BCUT2D eigenvalue weighted by Crippen LogP contribution is 2.21. The Morgan fingerprint density at radius 1 is 1.47 bits per heavy atom. The topological polar surface area (TPSA) is 62.9 Å². The summed E-state index contributed by atoms with van der Waals surface area (Å²) in [5.41, 5.74) is 2.71. The number of nitrogens with one attached hydrogen (secondary N) is 1. The summed E-state index contributed by atoms with van der Waals surface area (Å²) in [5, 5.41) is 0. The van der Waals surface area contributed by atoms with Gasteiger partial charge in [-0.3, -0.25) is 5.43 Å². The highest BCUT2D eigenvalue weighted by molar-refractivity contribution is 5.79. The van der Waals surface area contributed by atoms with Gasteiger partial charge in [-0.2, -0.15) is 0 Å². The lowest BCUT2D eigenvalue weighted by atomic mass is 9.95. The molecule has 1 atom stereocenters. The van der Waals surface area contributed by atoms with Crippen LogP contribution in [0, 0.1) is 0 Å². The summed E-state index contributed by atoms with van der Waals surface area (Å²) in [6.45, 7) is 2.64. The van der Waals surface area contributed by atoms with E-state index in [1.807, 2.05) is 6.92 Å². The quantitative estimate of drug-likeness (QED) is 0.335. The molecule has 0 spiro atoms. The van der Waals surface area contributed by atoms with Crippen LogP contribution in [-0.2, 0) is 4.74 Å². The van der Waals surface area contributed by atoms with Crippen LogP contribution in [-0.4, -0.2) is 43.7 Å². The zero-order chi connectivity index (χ0) is 12.7. The molecule has 0 aromatic carbocycles. The molecule has 0 bridgehead atoms. The fraction of sp³-hybridized carbons (Fsp3) is 0.917. The molecule has 0 amide bonds. The molecule has 3 N–H and O–H groups in total. The molecule has 5 heteroatoms. The molecular weight excluding hydrogens is 216 g/mol. The number of nitrogens with two attached hydrogens (primary N) is 1. The third kappa shape index (κ3) is 4.52. The maximum absolute atomic E-state index is 5.56. The highest BCUT2D eigenvalue weighted by Gasteiger charge is 2.20. The van der Waals surface area contributed by atoms with Gasteiger partial charge in [0.1, 0.15) is 0 Å². The number of rotatable bonds is 4. The molecule has 17 heavy (non-hydrogen) atoms. The number of aliphatic imine (C=N–C) groups is 1. The van der Waals surface area contributed by atoms with Gasteiger partial charge in [0.05, 0.1) is 12.6 Å². The number of hydrazine groups is 1. The van der Waals surface area contributed by atoms with E-state index in [-0.39, 0.29) is 6.04 Å². The lowest BCUT2D eigenvalue weighted by molar-refractivity contribution is 0.184. The Hall–Kier alpha value is -0.810. The summed E-state index contributed by atoms with van der Waals surface area (Å²) in [4.78, 5) is 6.71. The van der Waals surface area contributed by atoms with E-state index in [9.17, 15) is 0 Å². The van der Waals surface area contributed by atoms with Crippen molar-refractivity contribution in [2.24, 2.45) is 10.8 Å². The number of methoxy groups -OCH3 is 1. The molecule has 1 aliphatic carbocycles. The zero-order valence-electron chi connectivity index (χ0n) is 11.3. The maximum atomic E-state index is 5.56. The summed E-state index contributed by atoms with van der Waals surface area (Å²) in [5.74, 6) is 6.33. The number of hydrogen-bond acceptors (Lipinski definition) is 3. The van der Waals surface area contributed by atoms with Crippen molar-refractivity contribution in [3.8, 4) is 0 Å². The zero-order valence-corrected chi connectivity index (χ0v) is 11.3. The number of ether oxygens (including phenoxy) is 1. The van der Waals surface area contributed by atoms with E-state index < -0.39 is 0 Å². The molecule has 1 rings (SSSR count). The number of guanidine groups is 1. The first-order valence-electron chi connectivity index (χ1n) is 6.45. The van der Waals surface area contributed by atoms with Gasteiger partial charge in [0.15, 0.2) is 0 Å². The Morgan fingerprint density at radius 2 is 2.12 bits per heavy atom. The summed E-state index contributed by atoms with van der Waals surface area (Å²) in [6, 6.07) is 0.686. The molecule has 1 aliphatic rings. The van der Waals surface area contributed by atoms with Crippen LogP contribution in [0.15, 0.2) is 4.99 Å². The van der Waals surface area contributed by atoms with Gasteiger partial charge in [-0.05, 0) is 19.8 Å². The monoisotopic (exact) mass is 242 g/mol. The molecule has 0 saturated heterocycles. The largest absolute Gasteiger partial charge is 0.382 e. The summed E-state index contributed by atoms with van der Waals surface area (Å²) in [7, 11) is 3.75. The van der Waals surface area contributed by atoms with Gasteiger partial charge in [-0.25, -0.2) is 10.8 Å². The van der Waals surface area contributed by atoms with E-state index in [1.54, 1.807) is 7.11 Å². The van der Waals surface area contributed by atoms with Crippen LogP contribution in [0.4, 0.5) is 0 Å². The average molecular weight is 242 g/mol. The van der Waals surface area contributed by atoms with Crippen molar-refractivity contribution in [3.63, 3.8) is 0 Å². The van der Waals surface area contributed by atoms with Crippen molar-refractivity contribution in [1.82, 2.24) is 10.3 Å². The fourth-order valence-corrected chi connectivity index (χ4v) is 2.36. The van der Waals surface area contributed by atoms with Gasteiger partial charge in [0.25, 0.3) is 0 Å². The van der Waals surface area contributed by atoms with Crippen molar-refractivity contribution in [3.05, 3.63) is 0 Å². The van der Waals surface area contributed by atoms with E-state index in [0.29, 0.717) is 12.6 Å². The van der Waals surface area contributed by atoms with Gasteiger partial charge < -0.3 is 9.64 Å². The first kappa shape index (κ1) is 14.3. The molecule has 1 fully saturated rings. The standard InChI is InChI=1S/C12H26N4O/c1-10(9-17-3)14-12(15-13)16(2)11-7-5-4-6-8-11/h10-11H,4-9,13H2,1-3H3,(H,14,15). The normalized spacial score (nSPS) is 20.1. The average Bonchev–Trinajstić information content (AvgIpc) is 2.36. The van der Waals surface area contributed by atoms with E-state index in [0.717, 1.165) is 5.96 Å². The lowest BCUT2D eigenvalue weighted by Gasteiger charge is -2.33. The van der Waals surface area contributed by atoms with E-state index in [2.05, 4.69) is 22.4 Å². The van der Waals surface area contributed by atoms with Crippen LogP contribution >= 0.6 is 0 Å². The van der Waals surface area contributed by atoms with Crippen LogP contribution in [0.5, 0.6) is 0 Å².